The molecule has 0 aromatic heterocycles. The first-order valence-corrected chi connectivity index (χ1v) is 14.3. The second kappa shape index (κ2) is 13.5. The largest absolute Gasteiger partial charge is 0.345 e. The fraction of sp³-hybridized carbons (Fsp3) is 0.464. The summed E-state index contributed by atoms with van der Waals surface area (Å²) < 4.78 is 23.5. The van der Waals surface area contributed by atoms with Crippen LogP contribution in [0.3, 0.4) is 0 Å². The van der Waals surface area contributed by atoms with Crippen molar-refractivity contribution >= 4 is 27.9 Å². The SMILES string of the molecule is CCCCC(CN(C=O)OCc1ccccc1)C(=O)NC(C(=O)c1ccc(S(C)(=O)=O)cc1)C(C)(C)C. The number of rotatable bonds is 14. The van der Waals surface area contributed by atoms with Crippen molar-refractivity contribution in [2.24, 2.45) is 11.3 Å². The highest BCUT2D eigenvalue weighted by Gasteiger charge is 2.35. The zero-order valence-electron chi connectivity index (χ0n) is 22.3. The van der Waals surface area contributed by atoms with E-state index in [0.29, 0.717) is 18.4 Å². The normalized spacial score (nSPS) is 13.4. The molecule has 2 rings (SSSR count). The minimum atomic E-state index is -3.40. The van der Waals surface area contributed by atoms with Gasteiger partial charge in [0.2, 0.25) is 12.3 Å². The lowest BCUT2D eigenvalue weighted by Crippen LogP contribution is -2.52. The second-order valence-electron chi connectivity index (χ2n) is 10.3. The van der Waals surface area contributed by atoms with E-state index in [1.54, 1.807) is 0 Å². The molecule has 0 saturated heterocycles. The summed E-state index contributed by atoms with van der Waals surface area (Å²) in [6.07, 6.45) is 3.82. The van der Waals surface area contributed by atoms with Crippen LogP contribution in [0.25, 0.3) is 0 Å². The summed E-state index contributed by atoms with van der Waals surface area (Å²) in [6.45, 7) is 7.80. The van der Waals surface area contributed by atoms with Gasteiger partial charge >= 0.3 is 0 Å². The average Bonchev–Trinajstić information content (AvgIpc) is 2.86. The van der Waals surface area contributed by atoms with Crippen molar-refractivity contribution in [3.63, 3.8) is 0 Å². The molecule has 2 aromatic carbocycles. The number of benzene rings is 2. The molecule has 9 heteroatoms. The molecule has 0 bridgehead atoms. The van der Waals surface area contributed by atoms with Gasteiger partial charge in [-0.1, -0.05) is 83.0 Å². The zero-order valence-corrected chi connectivity index (χ0v) is 23.1. The number of unbranched alkanes of at least 4 members (excludes halogenated alkanes) is 1. The molecular formula is C28H38N2O6S. The maximum Gasteiger partial charge on any atom is 0.233 e. The van der Waals surface area contributed by atoms with E-state index in [1.165, 1.54) is 24.3 Å². The Balaban J connectivity index is 2.19. The quantitative estimate of drug-likeness (QED) is 0.223. The van der Waals surface area contributed by atoms with Gasteiger partial charge in [0.05, 0.1) is 23.4 Å². The number of nitrogens with one attached hydrogen (secondary N) is 1. The van der Waals surface area contributed by atoms with Crippen molar-refractivity contribution in [2.75, 3.05) is 12.8 Å². The van der Waals surface area contributed by atoms with E-state index in [0.717, 1.165) is 29.7 Å². The van der Waals surface area contributed by atoms with Gasteiger partial charge in [-0.25, -0.2) is 13.5 Å². The molecule has 2 atom stereocenters. The van der Waals surface area contributed by atoms with E-state index >= 15 is 0 Å². The highest BCUT2D eigenvalue weighted by Crippen LogP contribution is 2.25. The van der Waals surface area contributed by atoms with Crippen LogP contribution in [0.15, 0.2) is 59.5 Å². The third-order valence-electron chi connectivity index (χ3n) is 6.02. The van der Waals surface area contributed by atoms with Crippen LogP contribution in [0.5, 0.6) is 0 Å². The first kappa shape index (κ1) is 30.2. The Bertz CT molecular complexity index is 1140. The Morgan fingerprint density at radius 1 is 1.05 bits per heavy atom. The minimum Gasteiger partial charge on any atom is -0.345 e. The number of hydrogen-bond acceptors (Lipinski definition) is 6. The number of carbonyl (C=O) groups excluding carboxylic acids is 3. The van der Waals surface area contributed by atoms with Crippen molar-refractivity contribution in [2.45, 2.75) is 64.5 Å². The van der Waals surface area contributed by atoms with Gasteiger partial charge in [0.15, 0.2) is 15.6 Å². The van der Waals surface area contributed by atoms with E-state index in [-0.39, 0.29) is 29.7 Å². The monoisotopic (exact) mass is 530 g/mol. The maximum atomic E-state index is 13.4. The van der Waals surface area contributed by atoms with Gasteiger partial charge in [-0.3, -0.25) is 19.2 Å². The summed E-state index contributed by atoms with van der Waals surface area (Å²) >= 11 is 0. The van der Waals surface area contributed by atoms with Crippen molar-refractivity contribution in [1.82, 2.24) is 10.4 Å². The number of amides is 2. The predicted octanol–water partition coefficient (Wildman–Crippen LogP) is 4.20. The van der Waals surface area contributed by atoms with Crippen LogP contribution in [0, 0.1) is 11.3 Å². The summed E-state index contributed by atoms with van der Waals surface area (Å²) in [5.74, 6) is -1.24. The molecule has 0 heterocycles. The van der Waals surface area contributed by atoms with Crippen LogP contribution in [-0.2, 0) is 30.9 Å². The van der Waals surface area contributed by atoms with Crippen LogP contribution >= 0.6 is 0 Å². The molecule has 0 aliphatic rings. The van der Waals surface area contributed by atoms with Crippen LogP contribution in [0.2, 0.25) is 0 Å². The van der Waals surface area contributed by atoms with Gasteiger partial charge in [-0.2, -0.15) is 0 Å². The Kier molecular flexibility index (Phi) is 11.0. The van der Waals surface area contributed by atoms with Crippen molar-refractivity contribution in [1.29, 1.82) is 0 Å². The van der Waals surface area contributed by atoms with Crippen molar-refractivity contribution < 1.29 is 27.6 Å². The molecule has 2 aromatic rings. The van der Waals surface area contributed by atoms with Crippen LogP contribution in [0.4, 0.5) is 0 Å². The molecule has 0 aliphatic heterocycles. The second-order valence-corrected chi connectivity index (χ2v) is 12.3. The third-order valence-corrected chi connectivity index (χ3v) is 7.14. The van der Waals surface area contributed by atoms with Gasteiger partial charge in [0.1, 0.15) is 6.61 Å². The molecule has 202 valence electrons. The van der Waals surface area contributed by atoms with E-state index in [2.05, 4.69) is 5.32 Å². The number of carbonyl (C=O) groups is 3. The molecule has 0 aliphatic carbocycles. The topological polar surface area (TPSA) is 110 Å². The summed E-state index contributed by atoms with van der Waals surface area (Å²) in [6, 6.07) is 14.2. The van der Waals surface area contributed by atoms with Crippen LogP contribution in [-0.4, -0.2) is 50.4 Å². The number of Topliss-reactive ketones (excluding diaryl/α,β-unsaturated/α-hetero) is 1. The number of ketones is 1. The highest BCUT2D eigenvalue weighted by molar-refractivity contribution is 7.90. The molecule has 2 unspecified atom stereocenters. The molecule has 37 heavy (non-hydrogen) atoms. The number of nitrogens with zero attached hydrogens (tertiary/aromatic N) is 1. The molecule has 0 fully saturated rings. The zero-order chi connectivity index (χ0) is 27.6. The Labute approximate surface area is 220 Å². The van der Waals surface area contributed by atoms with Gasteiger partial charge in [0, 0.05) is 11.8 Å². The number of hydroxylamine groups is 2. The smallest absolute Gasteiger partial charge is 0.233 e. The first-order chi connectivity index (χ1) is 17.4. The van der Waals surface area contributed by atoms with E-state index in [9.17, 15) is 22.8 Å². The van der Waals surface area contributed by atoms with Gasteiger partial charge < -0.3 is 5.32 Å². The van der Waals surface area contributed by atoms with E-state index < -0.39 is 27.2 Å². The van der Waals surface area contributed by atoms with E-state index in [4.69, 9.17) is 4.84 Å². The molecule has 0 spiro atoms. The van der Waals surface area contributed by atoms with Gasteiger partial charge in [0.25, 0.3) is 0 Å². The summed E-state index contributed by atoms with van der Waals surface area (Å²) in [7, 11) is -3.40. The molecule has 0 radical (unpaired) electrons. The molecular weight excluding hydrogens is 492 g/mol. The van der Waals surface area contributed by atoms with Gasteiger partial charge in [-0.15, -0.1) is 0 Å². The highest BCUT2D eigenvalue weighted by atomic mass is 32.2. The lowest BCUT2D eigenvalue weighted by atomic mass is 9.81. The fourth-order valence-corrected chi connectivity index (χ4v) is 4.43. The minimum absolute atomic E-state index is 0.0519. The summed E-state index contributed by atoms with van der Waals surface area (Å²) in [5.41, 5.74) is 0.578. The van der Waals surface area contributed by atoms with Crippen molar-refractivity contribution in [3.8, 4) is 0 Å². The lowest BCUT2D eigenvalue weighted by molar-refractivity contribution is -0.182. The van der Waals surface area contributed by atoms with Crippen LogP contribution < -0.4 is 5.32 Å². The number of hydrogen-bond donors (Lipinski definition) is 1. The predicted molar refractivity (Wildman–Crippen MR) is 142 cm³/mol. The average molecular weight is 531 g/mol. The van der Waals surface area contributed by atoms with Gasteiger partial charge in [-0.05, 0) is 29.5 Å². The Hall–Kier alpha value is -3.04. The van der Waals surface area contributed by atoms with Crippen molar-refractivity contribution in [3.05, 3.63) is 65.7 Å². The Morgan fingerprint density at radius 3 is 2.19 bits per heavy atom. The first-order valence-electron chi connectivity index (χ1n) is 12.4. The molecule has 1 N–H and O–H groups in total. The third kappa shape index (κ3) is 9.40. The Morgan fingerprint density at radius 2 is 1.68 bits per heavy atom. The van der Waals surface area contributed by atoms with Crippen LogP contribution in [0.1, 0.15) is 62.9 Å². The fourth-order valence-electron chi connectivity index (χ4n) is 3.80. The summed E-state index contributed by atoms with van der Waals surface area (Å²) in [5, 5.41) is 4.04. The number of sulfone groups is 1. The maximum absolute atomic E-state index is 13.4. The standard InChI is InChI=1S/C28H38N2O6S/c1-6-7-13-23(18-30(20-31)36-19-21-11-9-8-10-12-21)27(33)29-26(28(2,3)4)25(32)22-14-16-24(17-15-22)37(5,34)35/h8-12,14-17,20,23,26H,6-7,13,18-19H2,1-5H3,(H,29,33). The van der Waals surface area contributed by atoms with E-state index in [1.807, 2.05) is 58.0 Å². The lowest BCUT2D eigenvalue weighted by Gasteiger charge is -2.32. The molecule has 2 amide bonds. The summed E-state index contributed by atoms with van der Waals surface area (Å²) in [4.78, 5) is 44.3. The molecule has 0 saturated carbocycles. The molecule has 8 nitrogen and oxygen atoms in total.